The van der Waals surface area contributed by atoms with Gasteiger partial charge in [0.2, 0.25) is 0 Å². The molecule has 2 aromatic rings. The number of nitrogens with one attached hydrogen (secondary N) is 1. The molecule has 30 heavy (non-hydrogen) atoms. The second-order valence-electron chi connectivity index (χ2n) is 8.81. The molecule has 1 saturated heterocycles. The molecule has 2 atom stereocenters. The van der Waals surface area contributed by atoms with E-state index in [1.54, 1.807) is 12.1 Å². The zero-order valence-electron chi connectivity index (χ0n) is 18.3. The molecule has 2 aromatic carbocycles. The third-order valence-corrected chi connectivity index (χ3v) is 8.15. The molecule has 2 unspecified atom stereocenters. The topological polar surface area (TPSA) is 49.4 Å². The van der Waals surface area contributed by atoms with Crippen molar-refractivity contribution in [2.45, 2.75) is 62.3 Å². The van der Waals surface area contributed by atoms with Crippen molar-refractivity contribution in [2.24, 2.45) is 5.92 Å². The van der Waals surface area contributed by atoms with E-state index in [9.17, 15) is 8.42 Å². The van der Waals surface area contributed by atoms with Gasteiger partial charge < -0.3 is 5.32 Å². The van der Waals surface area contributed by atoms with Crippen LogP contribution in [0.15, 0.2) is 65.6 Å². The summed E-state index contributed by atoms with van der Waals surface area (Å²) in [6, 6.07) is 19.8. The van der Waals surface area contributed by atoms with Crippen molar-refractivity contribution in [3.05, 3.63) is 66.2 Å². The smallest absolute Gasteiger partial charge is 0.194 e. The molecule has 0 spiro atoms. The van der Waals surface area contributed by atoms with Gasteiger partial charge in [0.25, 0.3) is 0 Å². The van der Waals surface area contributed by atoms with E-state index >= 15 is 0 Å². The number of likely N-dealkylation sites (tertiary alicyclic amines) is 1. The predicted molar refractivity (Wildman–Crippen MR) is 124 cm³/mol. The van der Waals surface area contributed by atoms with E-state index in [1.165, 1.54) is 5.56 Å². The minimum absolute atomic E-state index is 0.343. The highest BCUT2D eigenvalue weighted by Gasteiger charge is 2.35. The standard InChI is InChI=1S/C25H36N2O2S/c1-21(2)15-16-25(30(28,29)24-13-7-4-8-14-24)27-19-9-12-23(20-27)26-18-17-22-10-5-3-6-11-22/h3-8,10-11,13-14,21,23,25-26H,9,12,15-20H2,1-2H3. The van der Waals surface area contributed by atoms with Crippen molar-refractivity contribution >= 4 is 9.84 Å². The first kappa shape index (κ1) is 23.0. The number of hydrogen-bond acceptors (Lipinski definition) is 4. The van der Waals surface area contributed by atoms with Crippen molar-refractivity contribution in [1.82, 2.24) is 10.2 Å². The van der Waals surface area contributed by atoms with E-state index in [0.717, 1.165) is 45.3 Å². The predicted octanol–water partition coefficient (Wildman–Crippen LogP) is 4.52. The van der Waals surface area contributed by atoms with Gasteiger partial charge in [0.05, 0.1) is 4.90 Å². The summed E-state index contributed by atoms with van der Waals surface area (Å²) in [5, 5.41) is 3.23. The number of nitrogens with zero attached hydrogens (tertiary/aromatic N) is 1. The summed E-state index contributed by atoms with van der Waals surface area (Å²) < 4.78 is 27.0. The fourth-order valence-corrected chi connectivity index (χ4v) is 6.16. The van der Waals surface area contributed by atoms with Crippen LogP contribution >= 0.6 is 0 Å². The minimum atomic E-state index is -3.39. The zero-order chi connectivity index (χ0) is 21.4. The molecule has 1 aliphatic rings. The van der Waals surface area contributed by atoms with E-state index < -0.39 is 15.2 Å². The van der Waals surface area contributed by atoms with Gasteiger partial charge in [-0.05, 0) is 68.8 Å². The number of piperidine rings is 1. The zero-order valence-corrected chi connectivity index (χ0v) is 19.2. The van der Waals surface area contributed by atoms with Gasteiger partial charge in [0.1, 0.15) is 5.37 Å². The number of rotatable bonds is 10. The fourth-order valence-electron chi connectivity index (χ4n) is 4.28. The van der Waals surface area contributed by atoms with Gasteiger partial charge in [-0.3, -0.25) is 4.90 Å². The Kier molecular flexibility index (Phi) is 8.49. The van der Waals surface area contributed by atoms with E-state index in [0.29, 0.717) is 23.3 Å². The van der Waals surface area contributed by atoms with Crippen LogP contribution in [0.3, 0.4) is 0 Å². The average Bonchev–Trinajstić information content (AvgIpc) is 2.75. The molecule has 0 saturated carbocycles. The third kappa shape index (κ3) is 6.40. The Hall–Kier alpha value is -1.69. The second-order valence-corrected chi connectivity index (χ2v) is 10.9. The van der Waals surface area contributed by atoms with E-state index in [4.69, 9.17) is 0 Å². The van der Waals surface area contributed by atoms with E-state index in [-0.39, 0.29) is 0 Å². The van der Waals surface area contributed by atoms with Crippen molar-refractivity contribution in [1.29, 1.82) is 0 Å². The summed E-state index contributed by atoms with van der Waals surface area (Å²) in [6.45, 7) is 6.90. The van der Waals surface area contributed by atoms with Crippen LogP contribution in [0.4, 0.5) is 0 Å². The first-order chi connectivity index (χ1) is 14.5. The molecule has 0 amide bonds. The van der Waals surface area contributed by atoms with Crippen LogP contribution in [-0.4, -0.2) is 44.4 Å². The highest BCUT2D eigenvalue weighted by molar-refractivity contribution is 7.92. The van der Waals surface area contributed by atoms with Gasteiger partial charge in [0.15, 0.2) is 9.84 Å². The molecule has 0 bridgehead atoms. The van der Waals surface area contributed by atoms with Gasteiger partial charge in [-0.2, -0.15) is 0 Å². The monoisotopic (exact) mass is 428 g/mol. The summed E-state index contributed by atoms with van der Waals surface area (Å²) >= 11 is 0. The molecule has 1 aliphatic heterocycles. The van der Waals surface area contributed by atoms with Gasteiger partial charge >= 0.3 is 0 Å². The lowest BCUT2D eigenvalue weighted by molar-refractivity contribution is 0.164. The normalized spacial score (nSPS) is 19.1. The van der Waals surface area contributed by atoms with E-state index in [1.807, 2.05) is 24.3 Å². The maximum absolute atomic E-state index is 13.5. The largest absolute Gasteiger partial charge is 0.312 e. The summed E-state index contributed by atoms with van der Waals surface area (Å²) in [5.41, 5.74) is 1.33. The highest BCUT2D eigenvalue weighted by Crippen LogP contribution is 2.27. The molecule has 164 valence electrons. The molecule has 0 aromatic heterocycles. The molecule has 5 heteroatoms. The molecule has 4 nitrogen and oxygen atoms in total. The number of hydrogen-bond donors (Lipinski definition) is 1. The van der Waals surface area contributed by atoms with Crippen LogP contribution in [0.1, 0.15) is 45.1 Å². The Labute approximate surface area is 182 Å². The molecule has 1 heterocycles. The molecular weight excluding hydrogens is 392 g/mol. The lowest BCUT2D eigenvalue weighted by Gasteiger charge is -2.38. The number of benzene rings is 2. The lowest BCUT2D eigenvalue weighted by Crippen LogP contribution is -2.52. The Balaban J connectivity index is 1.66. The Bertz CT molecular complexity index is 853. The Morgan fingerprint density at radius 2 is 1.67 bits per heavy atom. The summed E-state index contributed by atoms with van der Waals surface area (Å²) in [4.78, 5) is 2.66. The Morgan fingerprint density at radius 1 is 1.00 bits per heavy atom. The van der Waals surface area contributed by atoms with E-state index in [2.05, 4.69) is 48.3 Å². The highest BCUT2D eigenvalue weighted by atomic mass is 32.2. The van der Waals surface area contributed by atoms with Gasteiger partial charge in [0, 0.05) is 12.6 Å². The number of sulfone groups is 1. The third-order valence-electron chi connectivity index (χ3n) is 5.97. The Morgan fingerprint density at radius 3 is 2.33 bits per heavy atom. The molecular formula is C25H36N2O2S. The first-order valence-corrected chi connectivity index (χ1v) is 12.8. The maximum atomic E-state index is 13.5. The van der Waals surface area contributed by atoms with Crippen LogP contribution in [0.2, 0.25) is 0 Å². The summed E-state index contributed by atoms with van der Waals surface area (Å²) in [5.74, 6) is 0.489. The summed E-state index contributed by atoms with van der Waals surface area (Å²) in [7, 11) is -3.39. The average molecular weight is 429 g/mol. The summed E-state index contributed by atoms with van der Waals surface area (Å²) in [6.07, 6.45) is 4.74. The van der Waals surface area contributed by atoms with Crippen molar-refractivity contribution in [3.8, 4) is 0 Å². The van der Waals surface area contributed by atoms with Crippen molar-refractivity contribution in [3.63, 3.8) is 0 Å². The lowest BCUT2D eigenvalue weighted by atomic mass is 10.0. The van der Waals surface area contributed by atoms with Crippen LogP contribution in [0, 0.1) is 5.92 Å². The SMILES string of the molecule is CC(C)CCC(N1CCCC(NCCc2ccccc2)C1)S(=O)(=O)c1ccccc1. The first-order valence-electron chi connectivity index (χ1n) is 11.3. The maximum Gasteiger partial charge on any atom is 0.194 e. The minimum Gasteiger partial charge on any atom is -0.312 e. The second kappa shape index (κ2) is 11.1. The van der Waals surface area contributed by atoms with Crippen LogP contribution in [0.25, 0.3) is 0 Å². The van der Waals surface area contributed by atoms with Crippen molar-refractivity contribution < 1.29 is 8.42 Å². The van der Waals surface area contributed by atoms with Gasteiger partial charge in [-0.1, -0.05) is 62.4 Å². The van der Waals surface area contributed by atoms with Crippen LogP contribution in [-0.2, 0) is 16.3 Å². The van der Waals surface area contributed by atoms with Crippen molar-refractivity contribution in [2.75, 3.05) is 19.6 Å². The molecule has 0 radical (unpaired) electrons. The molecule has 3 rings (SSSR count). The quantitative estimate of drug-likeness (QED) is 0.604. The fraction of sp³-hybridized carbons (Fsp3) is 0.520. The van der Waals surface area contributed by atoms with Gasteiger partial charge in [-0.25, -0.2) is 8.42 Å². The molecule has 1 N–H and O–H groups in total. The van der Waals surface area contributed by atoms with Crippen LogP contribution in [0.5, 0.6) is 0 Å². The molecule has 0 aliphatic carbocycles. The molecule has 1 fully saturated rings. The van der Waals surface area contributed by atoms with Gasteiger partial charge in [-0.15, -0.1) is 0 Å². The van der Waals surface area contributed by atoms with Crippen LogP contribution < -0.4 is 5.32 Å².